The number of morpholine rings is 1. The number of halogens is 2. The highest BCUT2D eigenvalue weighted by Crippen LogP contribution is 2.47. The number of aromatic nitrogens is 1. The highest BCUT2D eigenvalue weighted by Gasteiger charge is 2.56. The molecule has 13 heteroatoms. The molecule has 0 spiro atoms. The van der Waals surface area contributed by atoms with Crippen molar-refractivity contribution in [1.29, 1.82) is 0 Å². The Labute approximate surface area is 253 Å². The van der Waals surface area contributed by atoms with Crippen molar-refractivity contribution in [3.8, 4) is 11.5 Å². The topological polar surface area (TPSA) is 127 Å². The van der Waals surface area contributed by atoms with Crippen molar-refractivity contribution in [2.24, 2.45) is 15.4 Å². The second-order valence-corrected chi connectivity index (χ2v) is 10.3. The van der Waals surface area contributed by atoms with E-state index in [1.807, 2.05) is 0 Å². The van der Waals surface area contributed by atoms with Gasteiger partial charge >= 0.3 is 0 Å². The normalized spacial score (nSPS) is 16.1. The fourth-order valence-electron chi connectivity index (χ4n) is 4.56. The molecule has 0 unspecified atom stereocenters. The van der Waals surface area contributed by atoms with Crippen LogP contribution in [0.25, 0.3) is 0 Å². The van der Waals surface area contributed by atoms with Crippen LogP contribution in [0.5, 0.6) is 11.5 Å². The summed E-state index contributed by atoms with van der Waals surface area (Å²) >= 11 is 0. The number of nitrogens with zero attached hydrogens (tertiary/aromatic N) is 4. The monoisotopic (exact) mass is 606 g/mol. The summed E-state index contributed by atoms with van der Waals surface area (Å²) in [7, 11) is 0. The van der Waals surface area contributed by atoms with Crippen LogP contribution in [-0.4, -0.2) is 73.8 Å². The average molecular weight is 607 g/mol. The van der Waals surface area contributed by atoms with Gasteiger partial charge in [-0.1, -0.05) is 0 Å². The van der Waals surface area contributed by atoms with E-state index >= 15 is 4.39 Å². The molecule has 2 aliphatic rings. The Morgan fingerprint density at radius 3 is 2.36 bits per heavy atom. The number of benzene rings is 2. The van der Waals surface area contributed by atoms with E-state index in [-0.39, 0.29) is 28.7 Å². The summed E-state index contributed by atoms with van der Waals surface area (Å²) in [6, 6.07) is 10.7. The van der Waals surface area contributed by atoms with E-state index in [2.05, 4.69) is 37.2 Å². The van der Waals surface area contributed by atoms with E-state index in [9.17, 15) is 14.0 Å². The zero-order valence-corrected chi connectivity index (χ0v) is 24.1. The highest BCUT2D eigenvalue weighted by molar-refractivity contribution is 6.16. The summed E-state index contributed by atoms with van der Waals surface area (Å²) < 4.78 is 45.4. The second kappa shape index (κ2) is 13.7. The lowest BCUT2D eigenvalue weighted by molar-refractivity contribution is -0.131. The first-order valence-electron chi connectivity index (χ1n) is 14.1. The van der Waals surface area contributed by atoms with Gasteiger partial charge in [-0.05, 0) is 56.0 Å². The van der Waals surface area contributed by atoms with Crippen LogP contribution >= 0.6 is 0 Å². The standard InChI is InChI=1S/C31H32F2N6O5/c1-20(43-18-15-39-13-16-42-17-14-39)36-27-26(9-12-35-28(27)34-2)44-25-8-7-23(19-24(25)33)38-30(41)31(10-11-31)29(40)37-22-5-3-21(32)4-6-22/h3-9,12,19H,2,10-11,13-18H2,1H3,(H,37,40)(H,38,41). The molecule has 2 fully saturated rings. The van der Waals surface area contributed by atoms with E-state index in [4.69, 9.17) is 14.2 Å². The van der Waals surface area contributed by atoms with Gasteiger partial charge in [-0.3, -0.25) is 14.5 Å². The zero-order valence-electron chi connectivity index (χ0n) is 24.1. The molecule has 1 aliphatic carbocycles. The van der Waals surface area contributed by atoms with Gasteiger partial charge in [0.1, 0.15) is 17.8 Å². The van der Waals surface area contributed by atoms with Crippen molar-refractivity contribution in [2.45, 2.75) is 19.8 Å². The maximum atomic E-state index is 15.2. The van der Waals surface area contributed by atoms with Crippen LogP contribution in [0.15, 0.2) is 64.7 Å². The first-order valence-corrected chi connectivity index (χ1v) is 14.1. The highest BCUT2D eigenvalue weighted by atomic mass is 19.1. The Kier molecular flexibility index (Phi) is 9.56. The molecule has 2 N–H and O–H groups in total. The molecule has 1 aliphatic heterocycles. The van der Waals surface area contributed by atoms with Crippen molar-refractivity contribution in [3.63, 3.8) is 0 Å². The Balaban J connectivity index is 1.24. The van der Waals surface area contributed by atoms with E-state index in [0.29, 0.717) is 50.8 Å². The van der Waals surface area contributed by atoms with Gasteiger partial charge < -0.3 is 24.8 Å². The van der Waals surface area contributed by atoms with Crippen molar-refractivity contribution < 1.29 is 32.6 Å². The van der Waals surface area contributed by atoms with Gasteiger partial charge in [-0.2, -0.15) is 0 Å². The SMILES string of the molecule is C=Nc1nccc(Oc2ccc(NC(=O)C3(C(=O)Nc4ccc(F)cc4)CC3)cc2F)c1N=C(C)OCCN1CCOCC1. The van der Waals surface area contributed by atoms with Crippen LogP contribution in [0, 0.1) is 17.0 Å². The minimum absolute atomic E-state index is 0.137. The minimum Gasteiger partial charge on any atom is -0.480 e. The van der Waals surface area contributed by atoms with Crippen LogP contribution in [0.3, 0.4) is 0 Å². The van der Waals surface area contributed by atoms with Crippen molar-refractivity contribution >= 4 is 47.3 Å². The summed E-state index contributed by atoms with van der Waals surface area (Å²) in [4.78, 5) is 40.6. The van der Waals surface area contributed by atoms with Gasteiger partial charge in [0.15, 0.2) is 34.7 Å². The molecule has 2 aromatic carbocycles. The van der Waals surface area contributed by atoms with Gasteiger partial charge in [0.05, 0.1) is 13.2 Å². The Hall–Kier alpha value is -4.75. The molecule has 5 rings (SSSR count). The number of hydrogen-bond acceptors (Lipinski definition) is 9. The lowest BCUT2D eigenvalue weighted by Crippen LogP contribution is -2.38. The molecule has 0 atom stereocenters. The summed E-state index contributed by atoms with van der Waals surface area (Å²) in [6.45, 7) is 9.42. The third kappa shape index (κ3) is 7.41. The first-order chi connectivity index (χ1) is 21.3. The van der Waals surface area contributed by atoms with Crippen molar-refractivity contribution in [3.05, 3.63) is 66.4 Å². The number of amides is 2. The molecule has 2 heterocycles. The van der Waals surface area contributed by atoms with Gasteiger partial charge in [-0.25, -0.2) is 23.7 Å². The van der Waals surface area contributed by atoms with E-state index < -0.39 is 28.9 Å². The van der Waals surface area contributed by atoms with Gasteiger partial charge in [0.25, 0.3) is 0 Å². The lowest BCUT2D eigenvalue weighted by Gasteiger charge is -2.26. The third-order valence-electron chi connectivity index (χ3n) is 7.24. The molecule has 230 valence electrons. The van der Waals surface area contributed by atoms with Crippen molar-refractivity contribution in [2.75, 3.05) is 50.1 Å². The quantitative estimate of drug-likeness (QED) is 0.174. The average Bonchev–Trinajstić information content (AvgIpc) is 3.84. The summed E-state index contributed by atoms with van der Waals surface area (Å²) in [6.07, 6.45) is 2.10. The maximum absolute atomic E-state index is 15.2. The third-order valence-corrected chi connectivity index (χ3v) is 7.24. The molecule has 1 saturated carbocycles. The number of hydrogen-bond donors (Lipinski definition) is 2. The Morgan fingerprint density at radius 1 is 1.02 bits per heavy atom. The van der Waals surface area contributed by atoms with Gasteiger partial charge in [0.2, 0.25) is 11.8 Å². The molecule has 1 aromatic heterocycles. The van der Waals surface area contributed by atoms with Gasteiger partial charge in [-0.15, -0.1) is 0 Å². The molecular weight excluding hydrogens is 574 g/mol. The van der Waals surface area contributed by atoms with E-state index in [0.717, 1.165) is 19.2 Å². The van der Waals surface area contributed by atoms with Crippen LogP contribution < -0.4 is 15.4 Å². The number of aliphatic imine (C=N–C) groups is 2. The number of anilines is 2. The molecular formula is C31H32F2N6O5. The predicted octanol–water partition coefficient (Wildman–Crippen LogP) is 5.24. The molecule has 0 bridgehead atoms. The smallest absolute Gasteiger partial charge is 0.240 e. The largest absolute Gasteiger partial charge is 0.480 e. The molecule has 11 nitrogen and oxygen atoms in total. The summed E-state index contributed by atoms with van der Waals surface area (Å²) in [5, 5.41) is 5.25. The summed E-state index contributed by atoms with van der Waals surface area (Å²) in [5.41, 5.74) is -0.565. The number of rotatable bonds is 11. The maximum Gasteiger partial charge on any atom is 0.240 e. The number of carbonyl (C=O) groups excluding carboxylic acids is 2. The summed E-state index contributed by atoms with van der Waals surface area (Å²) in [5.74, 6) is -1.73. The van der Waals surface area contributed by atoms with Crippen LogP contribution in [0.1, 0.15) is 19.8 Å². The molecule has 1 saturated heterocycles. The molecule has 44 heavy (non-hydrogen) atoms. The second-order valence-electron chi connectivity index (χ2n) is 10.3. The lowest BCUT2D eigenvalue weighted by atomic mass is 10.0. The van der Waals surface area contributed by atoms with Crippen LogP contribution in [-0.2, 0) is 19.1 Å². The fraction of sp³-hybridized carbons (Fsp3) is 0.323. The minimum atomic E-state index is -1.29. The predicted molar refractivity (Wildman–Crippen MR) is 161 cm³/mol. The van der Waals surface area contributed by atoms with Gasteiger partial charge in [0, 0.05) is 56.3 Å². The van der Waals surface area contributed by atoms with Crippen LogP contribution in [0.4, 0.5) is 31.7 Å². The first kappa shape index (κ1) is 30.7. The van der Waals surface area contributed by atoms with Crippen molar-refractivity contribution in [1.82, 2.24) is 9.88 Å². The zero-order chi connectivity index (χ0) is 31.1. The Morgan fingerprint density at radius 2 is 1.70 bits per heavy atom. The molecule has 2 amide bonds. The number of carbonyl (C=O) groups is 2. The van der Waals surface area contributed by atoms with E-state index in [1.165, 1.54) is 48.7 Å². The molecule has 0 radical (unpaired) electrons. The Bertz CT molecular complexity index is 1560. The number of nitrogens with one attached hydrogen (secondary N) is 2. The fourth-order valence-corrected chi connectivity index (χ4v) is 4.56. The number of ether oxygens (including phenoxy) is 3. The number of pyridine rings is 1. The van der Waals surface area contributed by atoms with E-state index in [1.54, 1.807) is 6.92 Å². The molecule has 3 aromatic rings. The van der Waals surface area contributed by atoms with Crippen LogP contribution in [0.2, 0.25) is 0 Å².